The van der Waals surface area contributed by atoms with Crippen molar-refractivity contribution in [2.75, 3.05) is 11.9 Å². The normalized spacial score (nSPS) is 22.0. The molecule has 0 spiro atoms. The van der Waals surface area contributed by atoms with Crippen molar-refractivity contribution in [1.82, 2.24) is 0 Å². The summed E-state index contributed by atoms with van der Waals surface area (Å²) in [5.41, 5.74) is 7.45. The zero-order valence-corrected chi connectivity index (χ0v) is 11.9. The lowest BCUT2D eigenvalue weighted by molar-refractivity contribution is -0.115. The van der Waals surface area contributed by atoms with Gasteiger partial charge in [0.1, 0.15) is 5.25 Å². The molecule has 1 aromatic carbocycles. The van der Waals surface area contributed by atoms with E-state index in [0.717, 1.165) is 17.7 Å². The molecule has 0 radical (unpaired) electrons. The Morgan fingerprint density at radius 2 is 2.21 bits per heavy atom. The van der Waals surface area contributed by atoms with Crippen molar-refractivity contribution in [1.29, 1.82) is 0 Å². The zero-order chi connectivity index (χ0) is 13.8. The Hall–Kier alpha value is -1.20. The Morgan fingerprint density at radius 1 is 1.47 bits per heavy atom. The van der Waals surface area contributed by atoms with E-state index in [1.54, 1.807) is 0 Å². The summed E-state index contributed by atoms with van der Waals surface area (Å²) < 4.78 is 12.4. The first kappa shape index (κ1) is 14.2. The maximum absolute atomic E-state index is 12.4. The number of rotatable bonds is 4. The van der Waals surface area contributed by atoms with Gasteiger partial charge < -0.3 is 11.1 Å². The molecule has 5 heteroatoms. The van der Waals surface area contributed by atoms with Gasteiger partial charge in [-0.3, -0.25) is 9.00 Å². The molecule has 0 saturated carbocycles. The molecule has 0 bridgehead atoms. The number of carbonyl (C=O) groups is 1. The Balaban J connectivity index is 2.14. The number of para-hydroxylation sites is 1. The summed E-state index contributed by atoms with van der Waals surface area (Å²) in [4.78, 5) is 12.2. The Bertz CT molecular complexity index is 490. The molecule has 1 aliphatic heterocycles. The lowest BCUT2D eigenvalue weighted by Crippen LogP contribution is -2.35. The molecule has 1 aromatic rings. The monoisotopic (exact) mass is 280 g/mol. The second kappa shape index (κ2) is 6.30. The van der Waals surface area contributed by atoms with Crippen molar-refractivity contribution in [3.8, 4) is 0 Å². The summed E-state index contributed by atoms with van der Waals surface area (Å²) in [6.45, 7) is 2.40. The highest BCUT2D eigenvalue weighted by Crippen LogP contribution is 2.24. The third-order valence-corrected chi connectivity index (χ3v) is 5.53. The van der Waals surface area contributed by atoms with Gasteiger partial charge in [0, 0.05) is 21.7 Å². The van der Waals surface area contributed by atoms with Crippen molar-refractivity contribution < 1.29 is 9.00 Å². The number of nitrogens with one attached hydrogen (secondary N) is 1. The number of carbonyl (C=O) groups excluding carboxylic acids is 1. The predicted molar refractivity (Wildman–Crippen MR) is 78.5 cm³/mol. The summed E-state index contributed by atoms with van der Waals surface area (Å²) in [5.74, 6) is -0.132. The molecule has 1 heterocycles. The summed E-state index contributed by atoms with van der Waals surface area (Å²) in [6.07, 6.45) is 2.09. The molecule has 0 saturated heterocycles. The van der Waals surface area contributed by atoms with Gasteiger partial charge in [0.25, 0.3) is 0 Å². The van der Waals surface area contributed by atoms with Crippen molar-refractivity contribution in [2.45, 2.75) is 36.7 Å². The summed E-state index contributed by atoms with van der Waals surface area (Å²) in [7, 11) is -1.17. The second-order valence-electron chi connectivity index (χ2n) is 4.89. The minimum Gasteiger partial charge on any atom is -0.330 e. The fourth-order valence-electron chi connectivity index (χ4n) is 2.34. The van der Waals surface area contributed by atoms with E-state index in [1.165, 1.54) is 0 Å². The minimum atomic E-state index is -1.17. The molecule has 2 rings (SSSR count). The molecular weight excluding hydrogens is 260 g/mol. The number of nitrogens with two attached hydrogens (primary N) is 1. The Morgan fingerprint density at radius 3 is 2.95 bits per heavy atom. The Labute approximate surface area is 116 Å². The maximum atomic E-state index is 12.4. The van der Waals surface area contributed by atoms with Gasteiger partial charge in [0.05, 0.1) is 0 Å². The fraction of sp³-hybridized carbons (Fsp3) is 0.500. The SMILES string of the molecule is CC(CCN)S(=O)C1CCc2ccccc2NC1=O. The fourth-order valence-corrected chi connectivity index (χ4v) is 3.89. The quantitative estimate of drug-likeness (QED) is 0.876. The standard InChI is InChI=1S/C14H20N2O2S/c1-10(8-9-15)19(18)13-7-6-11-4-2-3-5-12(11)16-14(13)17/h2-5,10,13H,6-9,15H2,1H3,(H,16,17). The van der Waals surface area contributed by atoms with Crippen LogP contribution in [0.3, 0.4) is 0 Å². The van der Waals surface area contributed by atoms with Gasteiger partial charge in [-0.2, -0.15) is 0 Å². The molecule has 0 aromatic heterocycles. The van der Waals surface area contributed by atoms with Crippen LogP contribution in [0.5, 0.6) is 0 Å². The average Bonchev–Trinajstić information content (AvgIpc) is 2.56. The molecule has 0 aliphatic carbocycles. The van der Waals surface area contributed by atoms with E-state index in [2.05, 4.69) is 5.32 Å². The van der Waals surface area contributed by atoms with Crippen molar-refractivity contribution >= 4 is 22.4 Å². The molecule has 1 aliphatic rings. The predicted octanol–water partition coefficient (Wildman–Crippen LogP) is 1.43. The van der Waals surface area contributed by atoms with Crippen LogP contribution < -0.4 is 11.1 Å². The number of hydrogen-bond acceptors (Lipinski definition) is 3. The topological polar surface area (TPSA) is 72.2 Å². The van der Waals surface area contributed by atoms with Crippen molar-refractivity contribution in [2.24, 2.45) is 5.73 Å². The van der Waals surface area contributed by atoms with Gasteiger partial charge in [-0.15, -0.1) is 0 Å². The molecule has 0 fully saturated rings. The van der Waals surface area contributed by atoms with E-state index in [0.29, 0.717) is 19.4 Å². The average molecular weight is 280 g/mol. The lowest BCUT2D eigenvalue weighted by atomic mass is 10.1. The number of fused-ring (bicyclic) bond motifs is 1. The van der Waals surface area contributed by atoms with Gasteiger partial charge in [-0.05, 0) is 37.4 Å². The van der Waals surface area contributed by atoms with Crippen molar-refractivity contribution in [3.05, 3.63) is 29.8 Å². The number of anilines is 1. The van der Waals surface area contributed by atoms with Crippen molar-refractivity contribution in [3.63, 3.8) is 0 Å². The van der Waals surface area contributed by atoms with Crippen LogP contribution in [0.15, 0.2) is 24.3 Å². The summed E-state index contributed by atoms with van der Waals surface area (Å²) in [6, 6.07) is 7.75. The number of hydrogen-bond donors (Lipinski definition) is 2. The smallest absolute Gasteiger partial charge is 0.240 e. The van der Waals surface area contributed by atoms with Crippen LogP contribution in [0.2, 0.25) is 0 Å². The molecule has 1 amide bonds. The van der Waals surface area contributed by atoms with E-state index >= 15 is 0 Å². The van der Waals surface area contributed by atoms with E-state index in [-0.39, 0.29) is 11.2 Å². The molecule has 19 heavy (non-hydrogen) atoms. The van der Waals surface area contributed by atoms with Crippen LogP contribution >= 0.6 is 0 Å². The first-order valence-electron chi connectivity index (χ1n) is 6.61. The largest absolute Gasteiger partial charge is 0.330 e. The van der Waals surface area contributed by atoms with Crippen LogP contribution in [0.4, 0.5) is 5.69 Å². The highest BCUT2D eigenvalue weighted by molar-refractivity contribution is 7.87. The van der Waals surface area contributed by atoms with Crippen LogP contribution in [-0.4, -0.2) is 27.2 Å². The maximum Gasteiger partial charge on any atom is 0.240 e. The molecule has 3 atom stereocenters. The lowest BCUT2D eigenvalue weighted by Gasteiger charge is -2.17. The van der Waals surface area contributed by atoms with Gasteiger partial charge in [-0.25, -0.2) is 0 Å². The first-order chi connectivity index (χ1) is 9.13. The van der Waals surface area contributed by atoms with E-state index in [9.17, 15) is 9.00 Å². The van der Waals surface area contributed by atoms with Crippen LogP contribution in [0, 0.1) is 0 Å². The molecule has 3 N–H and O–H groups in total. The van der Waals surface area contributed by atoms with Crippen LogP contribution in [-0.2, 0) is 22.0 Å². The third kappa shape index (κ3) is 3.22. The first-order valence-corrected chi connectivity index (χ1v) is 7.89. The summed E-state index contributed by atoms with van der Waals surface area (Å²) >= 11 is 0. The van der Waals surface area contributed by atoms with E-state index in [4.69, 9.17) is 5.73 Å². The number of aryl methyl sites for hydroxylation is 1. The van der Waals surface area contributed by atoms with E-state index < -0.39 is 16.0 Å². The highest BCUT2D eigenvalue weighted by Gasteiger charge is 2.30. The molecule has 3 unspecified atom stereocenters. The Kier molecular flexibility index (Phi) is 4.71. The molecular formula is C14H20N2O2S. The second-order valence-corrected chi connectivity index (χ2v) is 6.92. The zero-order valence-electron chi connectivity index (χ0n) is 11.1. The van der Waals surface area contributed by atoms with Crippen LogP contribution in [0.1, 0.15) is 25.3 Å². The van der Waals surface area contributed by atoms with E-state index in [1.807, 2.05) is 31.2 Å². The van der Waals surface area contributed by atoms with Gasteiger partial charge in [0.15, 0.2) is 0 Å². The number of benzene rings is 1. The molecule has 4 nitrogen and oxygen atoms in total. The third-order valence-electron chi connectivity index (χ3n) is 3.49. The van der Waals surface area contributed by atoms with Crippen LogP contribution in [0.25, 0.3) is 0 Å². The van der Waals surface area contributed by atoms with Gasteiger partial charge in [0.2, 0.25) is 5.91 Å². The molecule has 104 valence electrons. The highest BCUT2D eigenvalue weighted by atomic mass is 32.2. The summed E-state index contributed by atoms with van der Waals surface area (Å²) in [5, 5.41) is 2.41. The van der Waals surface area contributed by atoms with Gasteiger partial charge >= 0.3 is 0 Å². The number of amides is 1. The minimum absolute atomic E-state index is 0.0398. The van der Waals surface area contributed by atoms with Gasteiger partial charge in [-0.1, -0.05) is 25.1 Å².